The average Bonchev–Trinajstić information content (AvgIpc) is 2.23. The standard InChI is InChI=1S/C16H32O2/c1-11(2)15(17,12(3)4)9-10-16(18,13(5)6)14(7)8/h9-14,17-18H,1-8H3. The maximum Gasteiger partial charge on any atom is 0.0874 e. The number of hydrogen-bond acceptors (Lipinski definition) is 2. The molecule has 108 valence electrons. The molecule has 2 N–H and O–H groups in total. The second-order valence-corrected chi connectivity index (χ2v) is 6.73. The lowest BCUT2D eigenvalue weighted by molar-refractivity contribution is -0.0169. The van der Waals surface area contributed by atoms with Crippen LogP contribution in [0.4, 0.5) is 0 Å². The topological polar surface area (TPSA) is 40.5 Å². The van der Waals surface area contributed by atoms with Crippen molar-refractivity contribution in [1.29, 1.82) is 0 Å². The summed E-state index contributed by atoms with van der Waals surface area (Å²) in [5.41, 5.74) is -1.73. The molecular weight excluding hydrogens is 224 g/mol. The molecule has 18 heavy (non-hydrogen) atoms. The van der Waals surface area contributed by atoms with Crippen LogP contribution < -0.4 is 0 Å². The highest BCUT2D eigenvalue weighted by Crippen LogP contribution is 2.32. The third-order valence-electron chi connectivity index (χ3n) is 4.32. The SMILES string of the molecule is CC(C)C(O)(C=CC(O)(C(C)C)C(C)C)C(C)C. The van der Waals surface area contributed by atoms with Gasteiger partial charge in [-0.05, 0) is 23.7 Å². The largest absolute Gasteiger partial charge is 0.385 e. The van der Waals surface area contributed by atoms with Gasteiger partial charge in [0.05, 0.1) is 11.2 Å². The van der Waals surface area contributed by atoms with Gasteiger partial charge in [0.25, 0.3) is 0 Å². The molecule has 0 saturated carbocycles. The summed E-state index contributed by atoms with van der Waals surface area (Å²) in [5.74, 6) is 0.490. The van der Waals surface area contributed by atoms with Crippen molar-refractivity contribution in [3.63, 3.8) is 0 Å². The van der Waals surface area contributed by atoms with Crippen LogP contribution >= 0.6 is 0 Å². The first kappa shape index (κ1) is 17.7. The van der Waals surface area contributed by atoms with Crippen molar-refractivity contribution in [2.24, 2.45) is 23.7 Å². The molecule has 0 saturated heterocycles. The van der Waals surface area contributed by atoms with Gasteiger partial charge < -0.3 is 10.2 Å². The van der Waals surface area contributed by atoms with E-state index in [1.54, 1.807) is 0 Å². The summed E-state index contributed by atoms with van der Waals surface area (Å²) < 4.78 is 0. The van der Waals surface area contributed by atoms with Gasteiger partial charge in [-0.1, -0.05) is 67.5 Å². The van der Waals surface area contributed by atoms with Gasteiger partial charge in [-0.25, -0.2) is 0 Å². The molecule has 0 radical (unpaired) electrons. The van der Waals surface area contributed by atoms with Gasteiger partial charge in [0.15, 0.2) is 0 Å². The quantitative estimate of drug-likeness (QED) is 0.712. The molecular formula is C16H32O2. The van der Waals surface area contributed by atoms with Crippen molar-refractivity contribution < 1.29 is 10.2 Å². The highest BCUT2D eigenvalue weighted by molar-refractivity contribution is 5.13. The van der Waals surface area contributed by atoms with Gasteiger partial charge in [0.2, 0.25) is 0 Å². The van der Waals surface area contributed by atoms with Gasteiger partial charge in [-0.15, -0.1) is 0 Å². The maximum atomic E-state index is 10.7. The van der Waals surface area contributed by atoms with Crippen molar-refractivity contribution in [3.05, 3.63) is 12.2 Å². The lowest BCUT2D eigenvalue weighted by Crippen LogP contribution is -2.42. The first-order valence-corrected chi connectivity index (χ1v) is 7.13. The summed E-state index contributed by atoms with van der Waals surface area (Å²) in [4.78, 5) is 0. The molecule has 0 fully saturated rings. The van der Waals surface area contributed by atoms with Gasteiger partial charge in [-0.2, -0.15) is 0 Å². The first-order valence-electron chi connectivity index (χ1n) is 7.13. The van der Waals surface area contributed by atoms with E-state index in [4.69, 9.17) is 0 Å². The molecule has 0 spiro atoms. The Morgan fingerprint density at radius 1 is 0.556 bits per heavy atom. The predicted octanol–water partition coefficient (Wildman–Crippen LogP) is 3.63. The molecule has 0 rings (SSSR count). The normalized spacial score (nSPS) is 14.8. The zero-order valence-electron chi connectivity index (χ0n) is 13.4. The Balaban J connectivity index is 5.32. The Kier molecular flexibility index (Phi) is 6.09. The van der Waals surface area contributed by atoms with E-state index in [1.165, 1.54) is 0 Å². The number of aliphatic hydroxyl groups is 2. The molecule has 0 heterocycles. The van der Waals surface area contributed by atoms with Crippen molar-refractivity contribution in [1.82, 2.24) is 0 Å². The van der Waals surface area contributed by atoms with E-state index in [1.807, 2.05) is 67.5 Å². The van der Waals surface area contributed by atoms with Crippen LogP contribution in [0.15, 0.2) is 12.2 Å². The maximum absolute atomic E-state index is 10.7. The summed E-state index contributed by atoms with van der Waals surface area (Å²) in [5, 5.41) is 21.4. The summed E-state index contributed by atoms with van der Waals surface area (Å²) in [6.45, 7) is 16.1. The first-order chi connectivity index (χ1) is 7.98. The Morgan fingerprint density at radius 2 is 0.722 bits per heavy atom. The van der Waals surface area contributed by atoms with Gasteiger partial charge in [0, 0.05) is 0 Å². The monoisotopic (exact) mass is 256 g/mol. The minimum atomic E-state index is -0.863. The van der Waals surface area contributed by atoms with E-state index in [2.05, 4.69) is 0 Å². The molecule has 2 nitrogen and oxygen atoms in total. The Labute approximate surface area is 113 Å². The molecule has 2 heteroatoms. The molecule has 0 amide bonds. The molecule has 0 unspecified atom stereocenters. The fourth-order valence-electron chi connectivity index (χ4n) is 2.37. The average molecular weight is 256 g/mol. The van der Waals surface area contributed by atoms with E-state index in [-0.39, 0.29) is 23.7 Å². The lowest BCUT2D eigenvalue weighted by atomic mass is 9.75. The highest BCUT2D eigenvalue weighted by Gasteiger charge is 2.36. The van der Waals surface area contributed by atoms with Crippen LogP contribution in [0.5, 0.6) is 0 Å². The van der Waals surface area contributed by atoms with Crippen LogP contribution in [-0.4, -0.2) is 21.4 Å². The molecule has 0 atom stereocenters. The fraction of sp³-hybridized carbons (Fsp3) is 0.875. The zero-order valence-corrected chi connectivity index (χ0v) is 13.4. The second-order valence-electron chi connectivity index (χ2n) is 6.73. The van der Waals surface area contributed by atoms with E-state index in [0.717, 1.165) is 0 Å². The zero-order chi connectivity index (χ0) is 14.7. The van der Waals surface area contributed by atoms with Crippen LogP contribution in [-0.2, 0) is 0 Å². The molecule has 0 aliphatic heterocycles. The third-order valence-corrected chi connectivity index (χ3v) is 4.32. The van der Waals surface area contributed by atoms with Crippen LogP contribution in [0, 0.1) is 23.7 Å². The van der Waals surface area contributed by atoms with Crippen LogP contribution in [0.2, 0.25) is 0 Å². The summed E-state index contributed by atoms with van der Waals surface area (Å²) in [7, 11) is 0. The molecule has 0 aliphatic carbocycles. The molecule has 0 aromatic carbocycles. The number of hydrogen-bond donors (Lipinski definition) is 2. The van der Waals surface area contributed by atoms with E-state index in [9.17, 15) is 10.2 Å². The number of rotatable bonds is 6. The molecule has 0 aromatic heterocycles. The second kappa shape index (κ2) is 6.21. The Hall–Kier alpha value is -0.340. The van der Waals surface area contributed by atoms with Gasteiger partial charge in [-0.3, -0.25) is 0 Å². The third kappa shape index (κ3) is 3.58. The van der Waals surface area contributed by atoms with Crippen LogP contribution in [0.25, 0.3) is 0 Å². The minimum absolute atomic E-state index is 0.123. The van der Waals surface area contributed by atoms with Crippen molar-refractivity contribution >= 4 is 0 Å². The predicted molar refractivity (Wildman–Crippen MR) is 78.4 cm³/mol. The van der Waals surface area contributed by atoms with Crippen LogP contribution in [0.1, 0.15) is 55.4 Å². The molecule has 0 bridgehead atoms. The summed E-state index contributed by atoms with van der Waals surface area (Å²) in [6, 6.07) is 0. The molecule has 0 aliphatic rings. The molecule has 0 aromatic rings. The van der Waals surface area contributed by atoms with Crippen molar-refractivity contribution in [2.45, 2.75) is 66.6 Å². The lowest BCUT2D eigenvalue weighted by Gasteiger charge is -2.37. The minimum Gasteiger partial charge on any atom is -0.385 e. The highest BCUT2D eigenvalue weighted by atomic mass is 16.3. The van der Waals surface area contributed by atoms with Gasteiger partial charge >= 0.3 is 0 Å². The van der Waals surface area contributed by atoms with Crippen LogP contribution in [0.3, 0.4) is 0 Å². The van der Waals surface area contributed by atoms with Crippen molar-refractivity contribution in [3.8, 4) is 0 Å². The van der Waals surface area contributed by atoms with Crippen molar-refractivity contribution in [2.75, 3.05) is 0 Å². The van der Waals surface area contributed by atoms with E-state index >= 15 is 0 Å². The summed E-state index contributed by atoms with van der Waals surface area (Å²) in [6.07, 6.45) is 3.62. The summed E-state index contributed by atoms with van der Waals surface area (Å²) >= 11 is 0. The Morgan fingerprint density at radius 3 is 0.833 bits per heavy atom. The Bertz CT molecular complexity index is 231. The van der Waals surface area contributed by atoms with E-state index < -0.39 is 11.2 Å². The van der Waals surface area contributed by atoms with Gasteiger partial charge in [0.1, 0.15) is 0 Å². The fourth-order valence-corrected chi connectivity index (χ4v) is 2.37. The van der Waals surface area contributed by atoms with E-state index in [0.29, 0.717) is 0 Å². The smallest absolute Gasteiger partial charge is 0.0874 e.